The van der Waals surface area contributed by atoms with Crippen LogP contribution in [0.1, 0.15) is 15.9 Å². The Bertz CT molecular complexity index is 864. The molecule has 1 heterocycles. The molecular formula is C15H7BrClFN2O. The summed E-state index contributed by atoms with van der Waals surface area (Å²) in [6, 6.07) is 7.94. The lowest BCUT2D eigenvalue weighted by molar-refractivity contribution is 0.103. The Balaban J connectivity index is 2.20. The van der Waals surface area contributed by atoms with Crippen LogP contribution in [0.15, 0.2) is 47.2 Å². The van der Waals surface area contributed by atoms with E-state index in [0.29, 0.717) is 15.5 Å². The van der Waals surface area contributed by atoms with Gasteiger partial charge in [0.25, 0.3) is 0 Å². The molecule has 0 radical (unpaired) electrons. The Kier molecular flexibility index (Phi) is 3.69. The Morgan fingerprint density at radius 3 is 2.67 bits per heavy atom. The Hall–Kier alpha value is -1.85. The number of nitrogens with zero attached hydrogens (tertiary/aromatic N) is 2. The molecule has 0 N–H and O–H groups in total. The van der Waals surface area contributed by atoms with E-state index in [1.165, 1.54) is 24.5 Å². The number of ketones is 1. The second-order valence-electron chi connectivity index (χ2n) is 4.28. The normalized spacial score (nSPS) is 10.8. The smallest absolute Gasteiger partial charge is 0.198 e. The van der Waals surface area contributed by atoms with Crippen LogP contribution in [-0.2, 0) is 0 Å². The average molecular weight is 366 g/mol. The van der Waals surface area contributed by atoms with Gasteiger partial charge < -0.3 is 0 Å². The SMILES string of the molecule is O=C(c1ccc(Br)c(Cl)c1F)c1cccc2nccnc12. The molecule has 0 aliphatic carbocycles. The highest BCUT2D eigenvalue weighted by molar-refractivity contribution is 9.10. The van der Waals surface area contributed by atoms with Crippen LogP contribution in [0.25, 0.3) is 11.0 Å². The van der Waals surface area contributed by atoms with Gasteiger partial charge in [-0.1, -0.05) is 17.7 Å². The minimum atomic E-state index is -0.753. The first-order valence-electron chi connectivity index (χ1n) is 5.97. The Labute approximate surface area is 132 Å². The van der Waals surface area contributed by atoms with Crippen LogP contribution < -0.4 is 0 Å². The van der Waals surface area contributed by atoms with Crippen LogP contribution in [0.3, 0.4) is 0 Å². The van der Waals surface area contributed by atoms with Gasteiger partial charge in [-0.25, -0.2) is 4.39 Å². The zero-order valence-electron chi connectivity index (χ0n) is 10.5. The summed E-state index contributed by atoms with van der Waals surface area (Å²) in [6.45, 7) is 0. The van der Waals surface area contributed by atoms with Crippen molar-refractivity contribution in [2.75, 3.05) is 0 Å². The Morgan fingerprint density at radius 2 is 1.86 bits per heavy atom. The molecule has 21 heavy (non-hydrogen) atoms. The largest absolute Gasteiger partial charge is 0.288 e. The molecule has 0 amide bonds. The molecule has 0 atom stereocenters. The van der Waals surface area contributed by atoms with E-state index < -0.39 is 11.6 Å². The third-order valence-electron chi connectivity index (χ3n) is 3.02. The lowest BCUT2D eigenvalue weighted by atomic mass is 10.0. The molecule has 1 aromatic heterocycles. The molecule has 0 bridgehead atoms. The van der Waals surface area contributed by atoms with Crippen molar-refractivity contribution in [3.05, 3.63) is 69.2 Å². The fraction of sp³-hybridized carbons (Fsp3) is 0. The lowest BCUT2D eigenvalue weighted by Gasteiger charge is -2.07. The average Bonchev–Trinajstić information content (AvgIpc) is 2.51. The van der Waals surface area contributed by atoms with Crippen molar-refractivity contribution in [3.63, 3.8) is 0 Å². The van der Waals surface area contributed by atoms with Gasteiger partial charge in [-0.2, -0.15) is 0 Å². The van der Waals surface area contributed by atoms with Crippen molar-refractivity contribution < 1.29 is 9.18 Å². The molecule has 3 nitrogen and oxygen atoms in total. The molecule has 0 spiro atoms. The number of para-hydroxylation sites is 1. The second kappa shape index (κ2) is 5.50. The number of halogens is 3. The first-order chi connectivity index (χ1) is 10.1. The molecule has 6 heteroatoms. The number of carbonyl (C=O) groups is 1. The zero-order chi connectivity index (χ0) is 15.0. The molecular weight excluding hydrogens is 359 g/mol. The maximum atomic E-state index is 14.2. The third kappa shape index (κ3) is 2.43. The van der Waals surface area contributed by atoms with E-state index in [0.717, 1.165) is 0 Å². The van der Waals surface area contributed by atoms with Crippen molar-refractivity contribution >= 4 is 44.3 Å². The summed E-state index contributed by atoms with van der Waals surface area (Å²) in [7, 11) is 0. The predicted octanol–water partition coefficient (Wildman–Crippen LogP) is 4.42. The molecule has 104 valence electrons. The van der Waals surface area contributed by atoms with Gasteiger partial charge in [-0.05, 0) is 40.2 Å². The summed E-state index contributed by atoms with van der Waals surface area (Å²) in [4.78, 5) is 20.8. The van der Waals surface area contributed by atoms with Crippen molar-refractivity contribution in [1.82, 2.24) is 9.97 Å². The molecule has 0 unspecified atom stereocenters. The van der Waals surface area contributed by atoms with E-state index in [-0.39, 0.29) is 16.1 Å². The minimum Gasteiger partial charge on any atom is -0.288 e. The van der Waals surface area contributed by atoms with E-state index in [1.54, 1.807) is 18.2 Å². The maximum absolute atomic E-state index is 14.2. The highest BCUT2D eigenvalue weighted by atomic mass is 79.9. The third-order valence-corrected chi connectivity index (χ3v) is 4.28. The van der Waals surface area contributed by atoms with Crippen LogP contribution in [-0.4, -0.2) is 15.8 Å². The highest BCUT2D eigenvalue weighted by Crippen LogP contribution is 2.29. The summed E-state index contributed by atoms with van der Waals surface area (Å²) in [5.74, 6) is -1.23. The van der Waals surface area contributed by atoms with Gasteiger partial charge in [-0.15, -0.1) is 0 Å². The quantitative estimate of drug-likeness (QED) is 0.499. The standard InChI is InChI=1S/C15H7BrClFN2O/c16-10-5-4-8(13(18)12(10)17)15(21)9-2-1-3-11-14(9)20-7-6-19-11/h1-7H. The van der Waals surface area contributed by atoms with E-state index in [2.05, 4.69) is 25.9 Å². The summed E-state index contributed by atoms with van der Waals surface area (Å²) in [5.41, 5.74) is 1.20. The van der Waals surface area contributed by atoms with Crippen LogP contribution in [0.5, 0.6) is 0 Å². The molecule has 0 aliphatic heterocycles. The second-order valence-corrected chi connectivity index (χ2v) is 5.51. The van der Waals surface area contributed by atoms with Gasteiger partial charge in [0.1, 0.15) is 0 Å². The zero-order valence-corrected chi connectivity index (χ0v) is 12.8. The summed E-state index contributed by atoms with van der Waals surface area (Å²) >= 11 is 8.95. The monoisotopic (exact) mass is 364 g/mol. The fourth-order valence-electron chi connectivity index (χ4n) is 2.02. The van der Waals surface area contributed by atoms with E-state index in [4.69, 9.17) is 11.6 Å². The summed E-state index contributed by atoms with van der Waals surface area (Å²) in [5, 5.41) is -0.118. The lowest BCUT2D eigenvalue weighted by Crippen LogP contribution is -2.06. The molecule has 0 aliphatic rings. The van der Waals surface area contributed by atoms with E-state index >= 15 is 0 Å². The topological polar surface area (TPSA) is 42.9 Å². The minimum absolute atomic E-state index is 0.0960. The number of rotatable bonds is 2. The summed E-state index contributed by atoms with van der Waals surface area (Å²) in [6.07, 6.45) is 3.03. The Morgan fingerprint density at radius 1 is 1.10 bits per heavy atom. The molecule has 3 rings (SSSR count). The maximum Gasteiger partial charge on any atom is 0.198 e. The molecule has 0 saturated heterocycles. The van der Waals surface area contributed by atoms with Gasteiger partial charge in [0.15, 0.2) is 11.6 Å². The van der Waals surface area contributed by atoms with Crippen LogP contribution in [0.2, 0.25) is 5.02 Å². The first-order valence-corrected chi connectivity index (χ1v) is 7.14. The van der Waals surface area contributed by atoms with Crippen molar-refractivity contribution in [1.29, 1.82) is 0 Å². The number of hydrogen-bond acceptors (Lipinski definition) is 3. The van der Waals surface area contributed by atoms with Gasteiger partial charge >= 0.3 is 0 Å². The number of hydrogen-bond donors (Lipinski definition) is 0. The van der Waals surface area contributed by atoms with Crippen LogP contribution >= 0.6 is 27.5 Å². The predicted molar refractivity (Wildman–Crippen MR) is 82.1 cm³/mol. The van der Waals surface area contributed by atoms with Crippen LogP contribution in [0.4, 0.5) is 4.39 Å². The fourth-order valence-corrected chi connectivity index (χ4v) is 2.49. The number of aromatic nitrogens is 2. The molecule has 3 aromatic rings. The van der Waals surface area contributed by atoms with Gasteiger partial charge in [0.2, 0.25) is 0 Å². The molecule has 0 saturated carbocycles. The number of fused-ring (bicyclic) bond motifs is 1. The highest BCUT2D eigenvalue weighted by Gasteiger charge is 2.20. The van der Waals surface area contributed by atoms with Crippen molar-refractivity contribution in [2.24, 2.45) is 0 Å². The van der Waals surface area contributed by atoms with Gasteiger partial charge in [0, 0.05) is 16.9 Å². The number of carbonyl (C=O) groups excluding carboxylic acids is 1. The van der Waals surface area contributed by atoms with E-state index in [1.807, 2.05) is 0 Å². The van der Waals surface area contributed by atoms with Crippen LogP contribution in [0, 0.1) is 5.82 Å². The summed E-state index contributed by atoms with van der Waals surface area (Å²) < 4.78 is 14.6. The molecule has 2 aromatic carbocycles. The number of benzene rings is 2. The van der Waals surface area contributed by atoms with Crippen molar-refractivity contribution in [2.45, 2.75) is 0 Å². The first kappa shape index (κ1) is 14.1. The van der Waals surface area contributed by atoms with E-state index in [9.17, 15) is 9.18 Å². The van der Waals surface area contributed by atoms with Gasteiger partial charge in [-0.3, -0.25) is 14.8 Å². The van der Waals surface area contributed by atoms with Gasteiger partial charge in [0.05, 0.1) is 27.2 Å². The molecule has 0 fully saturated rings. The van der Waals surface area contributed by atoms with Crippen molar-refractivity contribution in [3.8, 4) is 0 Å².